The van der Waals surface area contributed by atoms with Crippen molar-refractivity contribution in [2.75, 3.05) is 6.54 Å². The van der Waals surface area contributed by atoms with Gasteiger partial charge >= 0.3 is 6.61 Å². The zero-order valence-corrected chi connectivity index (χ0v) is 22.0. The van der Waals surface area contributed by atoms with Crippen molar-refractivity contribution in [2.24, 2.45) is 5.73 Å². The molecule has 2 aliphatic rings. The van der Waals surface area contributed by atoms with Gasteiger partial charge in [0.2, 0.25) is 5.91 Å². The SMILES string of the molecule is NC(=O)c1ccc(OC(F)F)c(F)c1-c1c(Cl)ccc2c1[C@H](O)[C@@](CNC1CCC(O)CC1)(c1ccccc1)O2. The molecule has 0 spiro atoms. The molecule has 5 N–H and O–H groups in total. The summed E-state index contributed by atoms with van der Waals surface area (Å²) in [7, 11) is 0. The first kappa shape index (κ1) is 28.2. The number of nitrogens with one attached hydrogen (secondary N) is 1. The third-order valence-corrected chi connectivity index (χ3v) is 7.93. The van der Waals surface area contributed by atoms with Gasteiger partial charge in [-0.2, -0.15) is 8.78 Å². The summed E-state index contributed by atoms with van der Waals surface area (Å²) in [6.45, 7) is -3.19. The number of amides is 1. The molecule has 0 aromatic heterocycles. The molecule has 1 heterocycles. The molecule has 0 unspecified atom stereocenters. The maximum atomic E-state index is 15.8. The third kappa shape index (κ3) is 5.12. The van der Waals surface area contributed by atoms with E-state index in [1.54, 1.807) is 24.3 Å². The van der Waals surface area contributed by atoms with Crippen LogP contribution in [0.1, 0.15) is 53.3 Å². The number of aliphatic hydroxyl groups is 2. The Hall–Kier alpha value is -3.31. The summed E-state index contributed by atoms with van der Waals surface area (Å²) in [6, 6.07) is 13.9. The molecule has 11 heteroatoms. The number of carbonyl (C=O) groups is 1. The lowest BCUT2D eigenvalue weighted by molar-refractivity contribution is -0.0521. The normalized spacial score (nSPS) is 24.0. The molecular weight excluding hydrogens is 549 g/mol. The molecule has 1 aliphatic carbocycles. The quantitative estimate of drug-likeness (QED) is 0.298. The second-order valence-electron chi connectivity index (χ2n) is 10.0. The van der Waals surface area contributed by atoms with Crippen LogP contribution in [-0.2, 0) is 5.60 Å². The van der Waals surface area contributed by atoms with E-state index in [2.05, 4.69) is 10.1 Å². The topological polar surface area (TPSA) is 114 Å². The van der Waals surface area contributed by atoms with Gasteiger partial charge in [0.05, 0.1) is 11.7 Å². The van der Waals surface area contributed by atoms with E-state index in [0.717, 1.165) is 25.0 Å². The van der Waals surface area contributed by atoms with Crippen LogP contribution in [0.4, 0.5) is 13.2 Å². The molecule has 0 saturated heterocycles. The number of aliphatic hydroxyl groups excluding tert-OH is 2. The highest BCUT2D eigenvalue weighted by atomic mass is 35.5. The van der Waals surface area contributed by atoms with Crippen molar-refractivity contribution >= 4 is 17.5 Å². The van der Waals surface area contributed by atoms with Crippen LogP contribution in [0.5, 0.6) is 11.5 Å². The maximum absolute atomic E-state index is 15.8. The van der Waals surface area contributed by atoms with Crippen LogP contribution in [0.15, 0.2) is 54.6 Å². The number of alkyl halides is 2. The first-order valence-electron chi connectivity index (χ1n) is 12.9. The Bertz CT molecular complexity index is 1400. The molecule has 7 nitrogen and oxygen atoms in total. The molecule has 40 heavy (non-hydrogen) atoms. The molecule has 3 aromatic carbocycles. The standard InChI is InChI=1S/C29H28ClF3N2O5/c30-19-11-13-20-24(23(19)22-18(27(34)38)10-12-21(25(22)31)39-28(32)33)26(37)29(40-20,15-4-2-1-3-5-15)14-35-16-6-8-17(36)9-7-16/h1-5,10-13,16-17,26,28,35-37H,6-9,14H2,(H2,34,38)/t16?,17?,26-,29+/m0/s1. The van der Waals surface area contributed by atoms with E-state index in [4.69, 9.17) is 22.1 Å². The smallest absolute Gasteiger partial charge is 0.387 e. The zero-order chi connectivity index (χ0) is 28.6. The number of carbonyl (C=O) groups excluding carboxylic acids is 1. The van der Waals surface area contributed by atoms with Gasteiger partial charge in [-0.15, -0.1) is 0 Å². The van der Waals surface area contributed by atoms with Crippen LogP contribution in [0.25, 0.3) is 11.1 Å². The maximum Gasteiger partial charge on any atom is 0.387 e. The predicted molar refractivity (Wildman–Crippen MR) is 142 cm³/mol. The van der Waals surface area contributed by atoms with Gasteiger partial charge in [0.25, 0.3) is 0 Å². The van der Waals surface area contributed by atoms with E-state index in [0.29, 0.717) is 18.4 Å². The summed E-state index contributed by atoms with van der Waals surface area (Å²) in [5.74, 6) is -2.95. The van der Waals surface area contributed by atoms with Crippen molar-refractivity contribution in [3.63, 3.8) is 0 Å². The monoisotopic (exact) mass is 576 g/mol. The average Bonchev–Trinajstić information content (AvgIpc) is 3.22. The molecule has 5 rings (SSSR count). The number of hydrogen-bond donors (Lipinski definition) is 4. The van der Waals surface area contributed by atoms with Gasteiger partial charge in [-0.25, -0.2) is 4.39 Å². The fourth-order valence-corrected chi connectivity index (χ4v) is 5.87. The first-order valence-corrected chi connectivity index (χ1v) is 13.2. The first-order chi connectivity index (χ1) is 19.1. The highest BCUT2D eigenvalue weighted by Crippen LogP contribution is 2.55. The van der Waals surface area contributed by atoms with Gasteiger partial charge in [-0.1, -0.05) is 41.9 Å². The average molecular weight is 577 g/mol. The Kier molecular flexibility index (Phi) is 7.96. The fourth-order valence-electron chi connectivity index (χ4n) is 5.62. The highest BCUT2D eigenvalue weighted by molar-refractivity contribution is 6.34. The van der Waals surface area contributed by atoms with Crippen LogP contribution in [0.3, 0.4) is 0 Å². The van der Waals surface area contributed by atoms with Gasteiger partial charge in [-0.05, 0) is 55.5 Å². The van der Waals surface area contributed by atoms with Crippen LogP contribution in [0, 0.1) is 5.82 Å². The summed E-state index contributed by atoms with van der Waals surface area (Å²) in [5, 5.41) is 25.3. The van der Waals surface area contributed by atoms with Crippen molar-refractivity contribution < 1.29 is 37.7 Å². The lowest BCUT2D eigenvalue weighted by Gasteiger charge is -2.36. The number of rotatable bonds is 8. The van der Waals surface area contributed by atoms with E-state index >= 15 is 4.39 Å². The number of ether oxygens (including phenoxy) is 2. The van der Waals surface area contributed by atoms with Crippen LogP contribution in [-0.4, -0.2) is 41.4 Å². The summed E-state index contributed by atoms with van der Waals surface area (Å²) in [5.41, 5.74) is 3.91. The second-order valence-corrected chi connectivity index (χ2v) is 10.4. The predicted octanol–water partition coefficient (Wildman–Crippen LogP) is 5.06. The van der Waals surface area contributed by atoms with Gasteiger partial charge in [-0.3, -0.25) is 4.79 Å². The zero-order valence-electron chi connectivity index (χ0n) is 21.2. The fraction of sp³-hybridized carbons (Fsp3) is 0.345. The van der Waals surface area contributed by atoms with E-state index in [1.807, 2.05) is 6.07 Å². The van der Waals surface area contributed by atoms with Crippen molar-refractivity contribution in [2.45, 2.75) is 56.1 Å². The molecular formula is C29H28ClF3N2O5. The van der Waals surface area contributed by atoms with Crippen LogP contribution < -0.4 is 20.5 Å². The summed E-state index contributed by atoms with van der Waals surface area (Å²) < 4.78 is 52.6. The largest absolute Gasteiger partial charge is 0.478 e. The number of halogens is 4. The van der Waals surface area contributed by atoms with Gasteiger partial charge in [0, 0.05) is 34.3 Å². The number of nitrogens with two attached hydrogens (primary N) is 1. The molecule has 1 amide bonds. The van der Waals surface area contributed by atoms with Gasteiger partial charge in [0.15, 0.2) is 17.2 Å². The van der Waals surface area contributed by atoms with E-state index in [1.165, 1.54) is 12.1 Å². The van der Waals surface area contributed by atoms with E-state index in [-0.39, 0.29) is 46.2 Å². The minimum atomic E-state index is -3.33. The molecule has 0 radical (unpaired) electrons. The summed E-state index contributed by atoms with van der Waals surface area (Å²) in [4.78, 5) is 12.3. The van der Waals surface area contributed by atoms with Crippen molar-refractivity contribution in [3.05, 3.63) is 82.1 Å². The molecule has 212 valence electrons. The lowest BCUT2D eigenvalue weighted by Crippen LogP contribution is -2.48. The number of primary amides is 1. The van der Waals surface area contributed by atoms with E-state index in [9.17, 15) is 23.8 Å². The molecule has 0 bridgehead atoms. The molecule has 1 fully saturated rings. The number of fused-ring (bicyclic) bond motifs is 1. The van der Waals surface area contributed by atoms with E-state index < -0.39 is 41.4 Å². The third-order valence-electron chi connectivity index (χ3n) is 7.61. The molecule has 3 aromatic rings. The van der Waals surface area contributed by atoms with Crippen molar-refractivity contribution in [3.8, 4) is 22.6 Å². The summed E-state index contributed by atoms with van der Waals surface area (Å²) in [6.07, 6.45) is 0.978. The van der Waals surface area contributed by atoms with Crippen molar-refractivity contribution in [1.29, 1.82) is 0 Å². The lowest BCUT2D eigenvalue weighted by atomic mass is 9.82. The number of benzene rings is 3. The second kappa shape index (κ2) is 11.3. The summed E-state index contributed by atoms with van der Waals surface area (Å²) >= 11 is 6.55. The van der Waals surface area contributed by atoms with Crippen LogP contribution >= 0.6 is 11.6 Å². The Balaban J connectivity index is 1.64. The Labute approximate surface area is 233 Å². The molecule has 1 aliphatic heterocycles. The molecule has 2 atom stereocenters. The highest BCUT2D eigenvalue weighted by Gasteiger charge is 2.51. The Morgan fingerprint density at radius 2 is 1.77 bits per heavy atom. The Morgan fingerprint density at radius 3 is 2.42 bits per heavy atom. The number of hydrogen-bond acceptors (Lipinski definition) is 6. The minimum Gasteiger partial charge on any atom is -0.478 e. The minimum absolute atomic E-state index is 0.0601. The van der Waals surface area contributed by atoms with Crippen molar-refractivity contribution in [1.82, 2.24) is 5.32 Å². The Morgan fingerprint density at radius 1 is 1.07 bits per heavy atom. The van der Waals surface area contributed by atoms with Crippen LogP contribution in [0.2, 0.25) is 5.02 Å². The van der Waals surface area contributed by atoms with Gasteiger partial charge < -0.3 is 30.7 Å². The molecule has 1 saturated carbocycles. The van der Waals surface area contributed by atoms with Gasteiger partial charge in [0.1, 0.15) is 11.9 Å².